The lowest BCUT2D eigenvalue weighted by molar-refractivity contribution is -0.118. The molecule has 514 valence electrons. The number of anilines is 1. The quantitative estimate of drug-likeness (QED) is 0.0302. The van der Waals surface area contributed by atoms with Gasteiger partial charge in [0.25, 0.3) is 0 Å². The van der Waals surface area contributed by atoms with Crippen molar-refractivity contribution in [2.75, 3.05) is 5.73 Å². The summed E-state index contributed by atoms with van der Waals surface area (Å²) in [6.07, 6.45) is 3.06. The molecule has 0 aliphatic heterocycles. The average molecular weight is 1360 g/mol. The summed E-state index contributed by atoms with van der Waals surface area (Å²) in [7, 11) is 0. The van der Waals surface area contributed by atoms with Crippen molar-refractivity contribution in [1.29, 1.82) is 0 Å². The predicted octanol–water partition coefficient (Wildman–Crippen LogP) is 16.3. The summed E-state index contributed by atoms with van der Waals surface area (Å²) >= 11 is 0. The molecule has 102 heavy (non-hydrogen) atoms. The van der Waals surface area contributed by atoms with Crippen LogP contribution in [0.4, 0.5) is 10.1 Å². The molecule has 0 saturated carbocycles. The van der Waals surface area contributed by atoms with Crippen molar-refractivity contribution >= 4 is 35.3 Å². The van der Waals surface area contributed by atoms with E-state index in [-0.39, 0.29) is 71.4 Å². The van der Waals surface area contributed by atoms with Crippen molar-refractivity contribution in [2.24, 2.45) is 22.9 Å². The Morgan fingerprint density at radius 1 is 0.304 bits per heavy atom. The molecule has 0 aromatic heterocycles. The first-order chi connectivity index (χ1) is 49.0. The molecule has 0 aliphatic carbocycles. The minimum absolute atomic E-state index is 0.159. The van der Waals surface area contributed by atoms with Gasteiger partial charge in [-0.1, -0.05) is 188 Å². The maximum absolute atomic E-state index is 13.1. The Kier molecular flexibility index (Phi) is 25.1. The van der Waals surface area contributed by atoms with Gasteiger partial charge in [0.15, 0.2) is 0 Å². The fourth-order valence-corrected chi connectivity index (χ4v) is 11.7. The Balaban J connectivity index is 0.000000158. The van der Waals surface area contributed by atoms with E-state index < -0.39 is 11.9 Å². The van der Waals surface area contributed by atoms with Crippen molar-refractivity contribution in [2.45, 2.75) is 58.3 Å². The number of amides is 4. The van der Waals surface area contributed by atoms with Gasteiger partial charge in [-0.05, 0) is 229 Å². The molecule has 0 bridgehead atoms. The summed E-state index contributed by atoms with van der Waals surface area (Å²) in [5.41, 5.74) is 48.2. The van der Waals surface area contributed by atoms with Crippen molar-refractivity contribution in [3.63, 3.8) is 0 Å². The number of benzene rings is 12. The van der Waals surface area contributed by atoms with Crippen LogP contribution < -0.4 is 28.7 Å². The van der Waals surface area contributed by atoms with E-state index in [1.807, 2.05) is 121 Å². The number of nitrogen functional groups attached to an aromatic ring is 1. The van der Waals surface area contributed by atoms with Crippen LogP contribution >= 0.6 is 0 Å². The van der Waals surface area contributed by atoms with Gasteiger partial charge < -0.3 is 54.2 Å². The van der Waals surface area contributed by atoms with Gasteiger partial charge >= 0.3 is 5.97 Å². The van der Waals surface area contributed by atoms with Crippen LogP contribution in [0.2, 0.25) is 0 Å². The van der Waals surface area contributed by atoms with Crippen molar-refractivity contribution in [3.8, 4) is 112 Å². The molecule has 0 saturated heterocycles. The molecule has 12 aromatic carbocycles. The first-order valence-electron chi connectivity index (χ1n) is 32.9. The molecule has 0 aliphatic rings. The molecule has 15 N–H and O–H groups in total. The number of carboxylic acid groups (broad SMARTS) is 1. The first-order valence-corrected chi connectivity index (χ1v) is 32.9. The van der Waals surface area contributed by atoms with Gasteiger partial charge in [-0.25, -0.2) is 9.18 Å². The van der Waals surface area contributed by atoms with E-state index in [1.54, 1.807) is 97.1 Å². The number of carboxylic acids is 1. The summed E-state index contributed by atoms with van der Waals surface area (Å²) in [5.74, 6) is -1.90. The largest absolute Gasteiger partial charge is 0.508 e. The number of aromatic carboxylic acids is 1. The molecule has 12 rings (SSSR count). The second-order valence-electron chi connectivity index (χ2n) is 24.4. The third-order valence-electron chi connectivity index (χ3n) is 16.8. The number of rotatable bonds is 21. The summed E-state index contributed by atoms with van der Waals surface area (Å²) in [6, 6.07) is 81.0. The lowest BCUT2D eigenvalue weighted by atomic mass is 9.92. The molecule has 0 unspecified atom stereocenters. The topological polar surface area (TPSA) is 317 Å². The Hall–Kier alpha value is -13.1. The zero-order valence-electron chi connectivity index (χ0n) is 56.1. The van der Waals surface area contributed by atoms with Crippen LogP contribution in [0, 0.1) is 12.7 Å². The minimum Gasteiger partial charge on any atom is -0.508 e. The van der Waals surface area contributed by atoms with Crippen molar-refractivity contribution < 1.29 is 53.9 Å². The normalized spacial score (nSPS) is 10.6. The van der Waals surface area contributed by atoms with E-state index in [9.17, 15) is 53.9 Å². The van der Waals surface area contributed by atoms with Crippen molar-refractivity contribution in [1.82, 2.24) is 0 Å². The molecule has 0 heterocycles. The lowest BCUT2D eigenvalue weighted by Crippen LogP contribution is -2.11. The Morgan fingerprint density at radius 3 is 0.873 bits per heavy atom. The van der Waals surface area contributed by atoms with Gasteiger partial charge in [-0.2, -0.15) is 0 Å². The average Bonchev–Trinajstić information content (AvgIpc) is 0.826. The first kappa shape index (κ1) is 73.2. The van der Waals surface area contributed by atoms with E-state index in [0.29, 0.717) is 37.8 Å². The number of halogens is 1. The molecule has 0 fully saturated rings. The summed E-state index contributed by atoms with van der Waals surface area (Å²) in [4.78, 5) is 56.2. The highest BCUT2D eigenvalue weighted by molar-refractivity contribution is 5.90. The van der Waals surface area contributed by atoms with E-state index in [0.717, 1.165) is 111 Å². The van der Waals surface area contributed by atoms with Gasteiger partial charge in [0.1, 0.15) is 28.8 Å². The minimum atomic E-state index is -0.984. The van der Waals surface area contributed by atoms with Crippen LogP contribution in [-0.2, 0) is 44.9 Å². The number of hydrogen-bond donors (Lipinski definition) is 10. The number of phenols is 4. The fraction of sp³-hybridized carbons (Fsp3) is 0.105. The Labute approximate surface area is 591 Å². The standard InChI is InChI=1S/C22H19NO4.C22H21NO2.C21H18FNO2.C21H20N2O2/c23-21(25)10-8-17-11-15(14-3-1-5-18(12-14)22(26)27)7-9-20(17)16-4-2-6-19(24)13-16;1-15-4-2-5-16(12-15)17-8-10-21(18-6-3-7-20(24)14-18)19(13-17)9-11-22(23)25;2*22-18-8-4-14(5-9-18)15-6-10-20(16-2-1-3-19(24)13-16)17(12-15)7-11-21(23)25/h1-7,9,11-13,24H,8,10H2,(H2,23,25)(H,26,27);2-8,10,12-14,24H,9,11H2,1H3,(H2,23,25);1-6,8-10,12-13,24H,7,11H2,(H2,23,25);1-6,8-10,12-13,24H,7,11,22H2,(H2,23,25). The number of primary amides is 4. The predicted molar refractivity (Wildman–Crippen MR) is 402 cm³/mol. The van der Waals surface area contributed by atoms with Crippen LogP contribution in [0.25, 0.3) is 89.0 Å². The van der Waals surface area contributed by atoms with Crippen LogP contribution in [0.1, 0.15) is 63.9 Å². The maximum Gasteiger partial charge on any atom is 0.335 e. The Bertz CT molecular complexity index is 4830. The molecule has 16 heteroatoms. The molecule has 0 radical (unpaired) electrons. The monoisotopic (exact) mass is 1360 g/mol. The van der Waals surface area contributed by atoms with Gasteiger partial charge in [-0.15, -0.1) is 0 Å². The summed E-state index contributed by atoms with van der Waals surface area (Å²) < 4.78 is 13.1. The van der Waals surface area contributed by atoms with Gasteiger partial charge in [-0.3, -0.25) is 19.2 Å². The molecule has 15 nitrogen and oxygen atoms in total. The highest BCUT2D eigenvalue weighted by atomic mass is 19.1. The van der Waals surface area contributed by atoms with E-state index in [2.05, 4.69) is 43.3 Å². The third kappa shape index (κ3) is 21.0. The number of aryl methyl sites for hydroxylation is 5. The van der Waals surface area contributed by atoms with Crippen LogP contribution in [0.3, 0.4) is 0 Å². The molecular weight excluding hydrogens is 1280 g/mol. The molecule has 12 aromatic rings. The SMILES string of the molecule is Cc1cccc(-c2ccc(-c3cccc(O)c3)c(CCC(N)=O)c2)c1.NC(=O)CCc1cc(-c2ccc(F)cc2)ccc1-c1cccc(O)c1.NC(=O)CCc1cc(-c2ccc(N)cc2)ccc1-c1cccc(O)c1.NC(=O)CCc1cc(-c2cccc(C(=O)O)c2)ccc1-c1cccc(O)c1. The molecule has 4 amide bonds. The fourth-order valence-electron chi connectivity index (χ4n) is 11.7. The number of nitrogens with two attached hydrogens (primary N) is 5. The third-order valence-corrected chi connectivity index (χ3v) is 16.8. The molecule has 0 atom stereocenters. The van der Waals surface area contributed by atoms with Gasteiger partial charge in [0, 0.05) is 31.4 Å². The van der Waals surface area contributed by atoms with Crippen LogP contribution in [0.5, 0.6) is 23.0 Å². The maximum atomic E-state index is 13.1. The second-order valence-corrected chi connectivity index (χ2v) is 24.4. The highest BCUT2D eigenvalue weighted by Crippen LogP contribution is 2.37. The number of carbonyl (C=O) groups is 5. The zero-order valence-corrected chi connectivity index (χ0v) is 56.1. The molecular formula is C86H78FN5O10. The van der Waals surface area contributed by atoms with Crippen molar-refractivity contribution in [3.05, 3.63) is 306 Å². The highest BCUT2D eigenvalue weighted by Gasteiger charge is 2.16. The van der Waals surface area contributed by atoms with Crippen LogP contribution in [0.15, 0.2) is 267 Å². The number of phenolic OH excluding ortho intramolecular Hbond substituents is 4. The zero-order chi connectivity index (χ0) is 72.8. The van der Waals surface area contributed by atoms with E-state index in [1.165, 1.54) is 17.7 Å². The number of carbonyl (C=O) groups excluding carboxylic acids is 4. The van der Waals surface area contributed by atoms with Gasteiger partial charge in [0.2, 0.25) is 23.6 Å². The Morgan fingerprint density at radius 2 is 0.569 bits per heavy atom. The summed E-state index contributed by atoms with van der Waals surface area (Å²) in [5, 5.41) is 48.2. The number of aromatic hydroxyl groups is 4. The van der Waals surface area contributed by atoms with Crippen LogP contribution in [-0.4, -0.2) is 55.1 Å². The second kappa shape index (κ2) is 34.9. The summed E-state index contributed by atoms with van der Waals surface area (Å²) in [6.45, 7) is 2.07. The van der Waals surface area contributed by atoms with Gasteiger partial charge in [0.05, 0.1) is 5.56 Å². The lowest BCUT2D eigenvalue weighted by Gasteiger charge is -2.13. The van der Waals surface area contributed by atoms with E-state index in [4.69, 9.17) is 28.7 Å². The number of hydrogen-bond acceptors (Lipinski definition) is 10. The smallest absolute Gasteiger partial charge is 0.335 e. The molecule has 0 spiro atoms. The van der Waals surface area contributed by atoms with E-state index >= 15 is 0 Å².